The van der Waals surface area contributed by atoms with Crippen LogP contribution in [-0.2, 0) is 14.4 Å². The number of hydrogen-bond donors (Lipinski definition) is 2. The molecule has 0 bridgehead atoms. The third-order valence-corrected chi connectivity index (χ3v) is 4.93. The summed E-state index contributed by atoms with van der Waals surface area (Å²) in [5.41, 5.74) is 1.84. The molecule has 1 atom stereocenters. The number of carbonyl (C=O) groups is 3. The van der Waals surface area contributed by atoms with Crippen molar-refractivity contribution in [1.82, 2.24) is 9.80 Å². The van der Waals surface area contributed by atoms with Crippen LogP contribution in [0.2, 0.25) is 0 Å². The Morgan fingerprint density at radius 2 is 1.77 bits per heavy atom. The van der Waals surface area contributed by atoms with Crippen molar-refractivity contribution in [2.75, 3.05) is 45.1 Å². The molecule has 1 aliphatic rings. The fourth-order valence-electron chi connectivity index (χ4n) is 3.18. The number of anilines is 1. The van der Waals surface area contributed by atoms with Crippen molar-refractivity contribution < 1.29 is 19.3 Å². The largest absolute Gasteiger partial charge is 0.332 e. The Kier molecular flexibility index (Phi) is 6.74. The summed E-state index contributed by atoms with van der Waals surface area (Å²) in [5.74, 6) is -0.198. The molecule has 3 amide bonds. The first-order valence-corrected chi connectivity index (χ1v) is 8.99. The van der Waals surface area contributed by atoms with Gasteiger partial charge in [-0.3, -0.25) is 14.4 Å². The molecule has 0 unspecified atom stereocenters. The highest BCUT2D eigenvalue weighted by atomic mass is 16.2. The van der Waals surface area contributed by atoms with Crippen LogP contribution in [0.1, 0.15) is 19.4 Å². The van der Waals surface area contributed by atoms with Gasteiger partial charge in [-0.25, -0.2) is 0 Å². The Bertz CT molecular complexity index is 651. The van der Waals surface area contributed by atoms with Crippen molar-refractivity contribution in [2.45, 2.75) is 26.8 Å². The fraction of sp³-hybridized carbons (Fsp3) is 0.526. The summed E-state index contributed by atoms with van der Waals surface area (Å²) in [6.45, 7) is 8.28. The van der Waals surface area contributed by atoms with Gasteiger partial charge in [0.05, 0.1) is 32.7 Å². The lowest BCUT2D eigenvalue weighted by Crippen LogP contribution is -3.19. The van der Waals surface area contributed by atoms with Gasteiger partial charge in [0, 0.05) is 19.7 Å². The van der Waals surface area contributed by atoms with Crippen LogP contribution in [0, 0.1) is 6.92 Å². The van der Waals surface area contributed by atoms with Crippen LogP contribution in [-0.4, -0.2) is 73.3 Å². The van der Waals surface area contributed by atoms with Gasteiger partial charge in [-0.2, -0.15) is 0 Å². The third kappa shape index (κ3) is 5.29. The topological polar surface area (TPSA) is 74.2 Å². The quantitative estimate of drug-likeness (QED) is 0.745. The molecule has 0 radical (unpaired) electrons. The predicted octanol–water partition coefficient (Wildman–Crippen LogP) is -0.473. The molecule has 0 aromatic heterocycles. The third-order valence-electron chi connectivity index (χ3n) is 4.93. The molecule has 7 heteroatoms. The number of piperazine rings is 1. The monoisotopic (exact) mass is 361 g/mol. The molecule has 1 aliphatic heterocycles. The zero-order valence-electron chi connectivity index (χ0n) is 16.0. The van der Waals surface area contributed by atoms with Gasteiger partial charge in [-0.05, 0) is 26.0 Å². The second kappa shape index (κ2) is 8.80. The number of rotatable bonds is 5. The summed E-state index contributed by atoms with van der Waals surface area (Å²) in [6, 6.07) is 7.31. The molecule has 2 rings (SSSR count). The minimum Gasteiger partial charge on any atom is -0.332 e. The molecule has 7 nitrogen and oxygen atoms in total. The Hall–Kier alpha value is -2.41. The average molecular weight is 361 g/mol. The van der Waals surface area contributed by atoms with Crippen molar-refractivity contribution in [1.29, 1.82) is 0 Å². The van der Waals surface area contributed by atoms with Crippen LogP contribution in [0.25, 0.3) is 0 Å². The molecule has 1 aromatic rings. The van der Waals surface area contributed by atoms with E-state index in [0.29, 0.717) is 13.1 Å². The van der Waals surface area contributed by atoms with Crippen LogP contribution in [0.15, 0.2) is 24.3 Å². The average Bonchev–Trinajstić information content (AvgIpc) is 2.62. The van der Waals surface area contributed by atoms with Gasteiger partial charge >= 0.3 is 0 Å². The van der Waals surface area contributed by atoms with Gasteiger partial charge in [0.25, 0.3) is 5.91 Å². The molecule has 1 heterocycles. The molecule has 2 N–H and O–H groups in total. The summed E-state index contributed by atoms with van der Waals surface area (Å²) in [7, 11) is 1.65. The second-order valence-electron chi connectivity index (χ2n) is 6.99. The van der Waals surface area contributed by atoms with Crippen LogP contribution >= 0.6 is 0 Å². The first kappa shape index (κ1) is 19.9. The number of likely N-dealkylation sites (N-methyl/N-ethyl adjacent to an activating group) is 1. The highest BCUT2D eigenvalue weighted by Gasteiger charge is 2.32. The van der Waals surface area contributed by atoms with Gasteiger partial charge in [-0.15, -0.1) is 0 Å². The highest BCUT2D eigenvalue weighted by Crippen LogP contribution is 2.08. The number of amides is 3. The maximum Gasteiger partial charge on any atom is 0.280 e. The number of aryl methyl sites for hydroxylation is 1. The maximum atomic E-state index is 12.6. The molecule has 1 fully saturated rings. The summed E-state index contributed by atoms with van der Waals surface area (Å²) >= 11 is 0. The minimum atomic E-state index is -0.235. The molecule has 0 aliphatic carbocycles. The van der Waals surface area contributed by atoms with E-state index in [1.54, 1.807) is 18.9 Å². The van der Waals surface area contributed by atoms with E-state index in [1.807, 2.05) is 38.1 Å². The lowest BCUT2D eigenvalue weighted by Gasteiger charge is -2.35. The van der Waals surface area contributed by atoms with E-state index in [9.17, 15) is 14.4 Å². The SMILES string of the molecule is CC(=O)N1CC[NH+]([C@@H](C)C(=O)N(C)CC(=O)Nc2ccc(C)cc2)CC1. The summed E-state index contributed by atoms with van der Waals surface area (Å²) in [5, 5.41) is 2.81. The zero-order valence-corrected chi connectivity index (χ0v) is 16.0. The van der Waals surface area contributed by atoms with Gasteiger partial charge in [0.1, 0.15) is 0 Å². The summed E-state index contributed by atoms with van der Waals surface area (Å²) in [6.07, 6.45) is 0. The molecule has 0 spiro atoms. The Morgan fingerprint density at radius 1 is 1.19 bits per heavy atom. The number of carbonyl (C=O) groups excluding carboxylic acids is 3. The van der Waals surface area contributed by atoms with Crippen molar-refractivity contribution in [3.8, 4) is 0 Å². The maximum absolute atomic E-state index is 12.6. The standard InChI is InChI=1S/C19H28N4O3/c1-14-5-7-17(8-6-14)20-18(25)13-21(4)19(26)15(2)22-9-11-23(12-10-22)16(3)24/h5-8,15H,9-13H2,1-4H3,(H,20,25)/p+1/t15-/m0/s1. The number of nitrogens with one attached hydrogen (secondary N) is 2. The van der Waals surface area contributed by atoms with Crippen LogP contribution in [0.4, 0.5) is 5.69 Å². The van der Waals surface area contributed by atoms with Gasteiger partial charge in [-0.1, -0.05) is 17.7 Å². The van der Waals surface area contributed by atoms with E-state index in [0.717, 1.165) is 29.2 Å². The Balaban J connectivity index is 1.83. The summed E-state index contributed by atoms with van der Waals surface area (Å²) in [4.78, 5) is 40.6. The first-order chi connectivity index (χ1) is 12.3. The summed E-state index contributed by atoms with van der Waals surface area (Å²) < 4.78 is 0. The molecule has 0 saturated carbocycles. The lowest BCUT2D eigenvalue weighted by atomic mass is 10.2. The van der Waals surface area contributed by atoms with Crippen LogP contribution in [0.3, 0.4) is 0 Å². The molecule has 1 aromatic carbocycles. The number of hydrogen-bond acceptors (Lipinski definition) is 3. The molecule has 142 valence electrons. The van der Waals surface area contributed by atoms with Gasteiger partial charge in [0.2, 0.25) is 11.8 Å². The molecular weight excluding hydrogens is 332 g/mol. The minimum absolute atomic E-state index is 0.0178. The van der Waals surface area contributed by atoms with Crippen LogP contribution < -0.4 is 10.2 Å². The van der Waals surface area contributed by atoms with Gasteiger partial charge in [0.15, 0.2) is 6.04 Å². The van der Waals surface area contributed by atoms with Crippen molar-refractivity contribution in [3.63, 3.8) is 0 Å². The fourth-order valence-corrected chi connectivity index (χ4v) is 3.18. The van der Waals surface area contributed by atoms with E-state index in [4.69, 9.17) is 0 Å². The van der Waals surface area contributed by atoms with E-state index >= 15 is 0 Å². The van der Waals surface area contributed by atoms with Crippen LogP contribution in [0.5, 0.6) is 0 Å². The highest BCUT2D eigenvalue weighted by molar-refractivity contribution is 5.94. The Morgan fingerprint density at radius 3 is 2.31 bits per heavy atom. The molecular formula is C19H29N4O3+. The number of nitrogens with zero attached hydrogens (tertiary/aromatic N) is 2. The smallest absolute Gasteiger partial charge is 0.280 e. The number of quaternary nitrogens is 1. The van der Waals surface area contributed by atoms with E-state index < -0.39 is 0 Å². The van der Waals surface area contributed by atoms with Crippen molar-refractivity contribution in [3.05, 3.63) is 29.8 Å². The molecule has 26 heavy (non-hydrogen) atoms. The van der Waals surface area contributed by atoms with E-state index in [1.165, 1.54) is 4.90 Å². The first-order valence-electron chi connectivity index (χ1n) is 8.99. The molecule has 1 saturated heterocycles. The van der Waals surface area contributed by atoms with Crippen molar-refractivity contribution in [2.24, 2.45) is 0 Å². The lowest BCUT2D eigenvalue weighted by molar-refractivity contribution is -0.918. The van der Waals surface area contributed by atoms with E-state index in [2.05, 4.69) is 5.32 Å². The van der Waals surface area contributed by atoms with E-state index in [-0.39, 0.29) is 30.3 Å². The van der Waals surface area contributed by atoms with Crippen molar-refractivity contribution >= 4 is 23.4 Å². The predicted molar refractivity (Wildman–Crippen MR) is 99.9 cm³/mol. The normalized spacial score (nSPS) is 16.1. The Labute approximate surface area is 154 Å². The second-order valence-corrected chi connectivity index (χ2v) is 6.99. The zero-order chi connectivity index (χ0) is 19.3. The number of benzene rings is 1. The van der Waals surface area contributed by atoms with Gasteiger partial charge < -0.3 is 20.0 Å².